The van der Waals surface area contributed by atoms with Crippen LogP contribution in [0.4, 0.5) is 0 Å². The first-order chi connectivity index (χ1) is 12.7. The molecule has 0 unspecified atom stereocenters. The Bertz CT molecular complexity index is 1200. The first kappa shape index (κ1) is 18.3. The van der Waals surface area contributed by atoms with Crippen molar-refractivity contribution in [2.75, 3.05) is 0 Å². The van der Waals surface area contributed by atoms with Crippen LogP contribution in [0, 0.1) is 19.1 Å². The van der Waals surface area contributed by atoms with Crippen molar-refractivity contribution in [1.82, 2.24) is 0 Å². The molecule has 5 rings (SSSR count). The standard InChI is InChI=1S/C25H18N.Y/c1-17-15-19(12-13-21(17)24-11-3-4-14-26(24)2)23-16-20-9-5-7-18-8-6-10-22(23)25(18)20;/h3-11,13-15H,1-2H3;/q-1;. The van der Waals surface area contributed by atoms with E-state index in [1.165, 1.54) is 38.7 Å². The van der Waals surface area contributed by atoms with Gasteiger partial charge in [-0.3, -0.25) is 0 Å². The fraction of sp³-hybridized carbons (Fsp3) is 0.0800. The SMILES string of the molecule is Cc1cc(C2=[C-]c3cccc4cccc2c34)[c-]cc1-c1cccc[n+]1C.[Y]. The minimum absolute atomic E-state index is 0. The molecule has 1 nitrogen and oxygen atoms in total. The molecular weight excluding hydrogens is 403 g/mol. The topological polar surface area (TPSA) is 3.88 Å². The van der Waals surface area contributed by atoms with E-state index in [0.717, 1.165) is 11.1 Å². The van der Waals surface area contributed by atoms with E-state index in [1.54, 1.807) is 0 Å². The molecule has 0 atom stereocenters. The Morgan fingerprint density at radius 3 is 2.48 bits per heavy atom. The number of hydrogen-bond donors (Lipinski definition) is 0. The summed E-state index contributed by atoms with van der Waals surface area (Å²) >= 11 is 0. The van der Waals surface area contributed by atoms with Crippen molar-refractivity contribution in [3.05, 3.63) is 107 Å². The number of aromatic nitrogens is 1. The summed E-state index contributed by atoms with van der Waals surface area (Å²) in [6.45, 7) is 2.17. The number of benzene rings is 3. The molecule has 3 aromatic carbocycles. The number of pyridine rings is 1. The summed E-state index contributed by atoms with van der Waals surface area (Å²) in [5.41, 5.74) is 8.34. The summed E-state index contributed by atoms with van der Waals surface area (Å²) in [7, 11) is 2.08. The van der Waals surface area contributed by atoms with Crippen LogP contribution in [-0.2, 0) is 39.8 Å². The van der Waals surface area contributed by atoms with Gasteiger partial charge in [-0.1, -0.05) is 42.6 Å². The van der Waals surface area contributed by atoms with E-state index in [4.69, 9.17) is 0 Å². The molecule has 0 amide bonds. The van der Waals surface area contributed by atoms with Crippen molar-refractivity contribution in [3.63, 3.8) is 0 Å². The van der Waals surface area contributed by atoms with Gasteiger partial charge in [0.05, 0.1) is 0 Å². The van der Waals surface area contributed by atoms with Crippen LogP contribution in [0.5, 0.6) is 0 Å². The van der Waals surface area contributed by atoms with Gasteiger partial charge in [0, 0.05) is 44.8 Å². The molecule has 1 aliphatic rings. The van der Waals surface area contributed by atoms with Crippen molar-refractivity contribution in [3.8, 4) is 11.3 Å². The average Bonchev–Trinajstić information content (AvgIpc) is 3.04. The Hall–Kier alpha value is -2.09. The molecule has 4 aromatic rings. The molecule has 2 heteroatoms. The zero-order valence-electron chi connectivity index (χ0n) is 15.5. The fourth-order valence-corrected chi connectivity index (χ4v) is 3.89. The molecule has 27 heavy (non-hydrogen) atoms. The summed E-state index contributed by atoms with van der Waals surface area (Å²) in [6.07, 6.45) is 5.68. The Balaban J connectivity index is 0.00000180. The molecule has 1 aliphatic carbocycles. The van der Waals surface area contributed by atoms with Crippen LogP contribution >= 0.6 is 0 Å². The normalized spacial score (nSPS) is 12.0. The van der Waals surface area contributed by atoms with Gasteiger partial charge in [0.15, 0.2) is 11.9 Å². The Labute approximate surface area is 185 Å². The van der Waals surface area contributed by atoms with Crippen molar-refractivity contribution >= 4 is 16.3 Å². The first-order valence-corrected chi connectivity index (χ1v) is 8.86. The second-order valence-electron chi connectivity index (χ2n) is 6.85. The van der Waals surface area contributed by atoms with Gasteiger partial charge in [-0.2, -0.15) is 29.3 Å². The van der Waals surface area contributed by atoms with Gasteiger partial charge >= 0.3 is 0 Å². The van der Waals surface area contributed by atoms with E-state index in [0.29, 0.717) is 0 Å². The summed E-state index contributed by atoms with van der Waals surface area (Å²) in [5, 5.41) is 2.57. The molecule has 0 fully saturated rings. The summed E-state index contributed by atoms with van der Waals surface area (Å²) in [4.78, 5) is 0. The zero-order valence-corrected chi connectivity index (χ0v) is 18.3. The maximum Gasteiger partial charge on any atom is 0.171 e. The van der Waals surface area contributed by atoms with E-state index < -0.39 is 0 Å². The van der Waals surface area contributed by atoms with Crippen molar-refractivity contribution < 1.29 is 37.3 Å². The van der Waals surface area contributed by atoms with Gasteiger partial charge in [0.25, 0.3) is 0 Å². The molecule has 0 saturated carbocycles. The van der Waals surface area contributed by atoms with E-state index >= 15 is 0 Å². The number of aryl methyl sites for hydroxylation is 2. The minimum atomic E-state index is 0. The molecule has 1 aromatic heterocycles. The van der Waals surface area contributed by atoms with E-state index in [9.17, 15) is 0 Å². The summed E-state index contributed by atoms with van der Waals surface area (Å²) in [6, 6.07) is 27.0. The van der Waals surface area contributed by atoms with Crippen LogP contribution < -0.4 is 4.57 Å². The predicted octanol–water partition coefficient (Wildman–Crippen LogP) is 5.03. The quantitative estimate of drug-likeness (QED) is 0.278. The molecule has 0 spiro atoms. The third-order valence-corrected chi connectivity index (χ3v) is 5.19. The van der Waals surface area contributed by atoms with E-state index in [2.05, 4.69) is 97.5 Å². The van der Waals surface area contributed by atoms with Crippen molar-refractivity contribution in [2.24, 2.45) is 7.05 Å². The molecule has 0 aliphatic heterocycles. The zero-order chi connectivity index (χ0) is 17.7. The van der Waals surface area contributed by atoms with Crippen molar-refractivity contribution in [1.29, 1.82) is 0 Å². The Morgan fingerprint density at radius 1 is 0.889 bits per heavy atom. The van der Waals surface area contributed by atoms with Crippen LogP contribution in [0.2, 0.25) is 0 Å². The van der Waals surface area contributed by atoms with E-state index in [-0.39, 0.29) is 32.7 Å². The largest absolute Gasteiger partial charge is 0.209 e. The molecule has 0 saturated heterocycles. The molecule has 0 N–H and O–H groups in total. The predicted molar refractivity (Wildman–Crippen MR) is 105 cm³/mol. The summed E-state index contributed by atoms with van der Waals surface area (Å²) < 4.78 is 2.15. The molecular formula is C25H18NY-. The van der Waals surface area contributed by atoms with Gasteiger partial charge in [0.1, 0.15) is 7.05 Å². The molecule has 0 bridgehead atoms. The first-order valence-electron chi connectivity index (χ1n) is 8.86. The van der Waals surface area contributed by atoms with Crippen LogP contribution in [0.15, 0.2) is 72.9 Å². The molecule has 1 heterocycles. The number of rotatable bonds is 2. The third-order valence-electron chi connectivity index (χ3n) is 5.19. The Morgan fingerprint density at radius 2 is 1.70 bits per heavy atom. The van der Waals surface area contributed by atoms with Crippen LogP contribution in [0.25, 0.3) is 27.6 Å². The number of hydrogen-bond acceptors (Lipinski definition) is 0. The van der Waals surface area contributed by atoms with Crippen molar-refractivity contribution in [2.45, 2.75) is 6.92 Å². The monoisotopic (exact) mass is 421 g/mol. The average molecular weight is 421 g/mol. The maximum absolute atomic E-state index is 3.60. The van der Waals surface area contributed by atoms with Gasteiger partial charge in [-0.05, 0) is 5.56 Å². The fourth-order valence-electron chi connectivity index (χ4n) is 3.89. The minimum Gasteiger partial charge on any atom is -0.209 e. The van der Waals surface area contributed by atoms with Crippen LogP contribution in [0.1, 0.15) is 22.3 Å². The third kappa shape index (κ3) is 3.00. The van der Waals surface area contributed by atoms with E-state index in [1.807, 2.05) is 6.07 Å². The van der Waals surface area contributed by atoms with Crippen LogP contribution in [0.3, 0.4) is 0 Å². The second-order valence-corrected chi connectivity index (χ2v) is 6.85. The second kappa shape index (κ2) is 7.15. The summed E-state index contributed by atoms with van der Waals surface area (Å²) in [5.74, 6) is 0. The molecule has 127 valence electrons. The van der Waals surface area contributed by atoms with Gasteiger partial charge in [-0.25, -0.2) is 10.1 Å². The maximum atomic E-state index is 3.60. The van der Waals surface area contributed by atoms with Gasteiger partial charge in [-0.15, -0.1) is 34.7 Å². The number of nitrogens with zero attached hydrogens (tertiary/aromatic N) is 1. The van der Waals surface area contributed by atoms with Gasteiger partial charge < -0.3 is 0 Å². The van der Waals surface area contributed by atoms with Gasteiger partial charge in [0.2, 0.25) is 0 Å². The van der Waals surface area contributed by atoms with Crippen LogP contribution in [-0.4, -0.2) is 0 Å². The Kier molecular flexibility index (Phi) is 4.84. The molecule has 1 radical (unpaired) electrons. The smallest absolute Gasteiger partial charge is 0.171 e.